The Morgan fingerprint density at radius 1 is 1.56 bits per heavy atom. The highest BCUT2D eigenvalue weighted by atomic mass is 16.2. The van der Waals surface area contributed by atoms with E-state index in [-0.39, 0.29) is 11.3 Å². The minimum absolute atomic E-state index is 0.0974. The molecule has 0 rings (SSSR count). The second kappa shape index (κ2) is 3.77. The van der Waals surface area contributed by atoms with Gasteiger partial charge in [-0.05, 0) is 11.7 Å². The lowest BCUT2D eigenvalue weighted by Crippen LogP contribution is -1.94. The lowest BCUT2D eigenvalue weighted by atomic mass is 10.0. The molecular weight excluding hydrogens is 115 g/mol. The van der Waals surface area contributed by atoms with Crippen molar-refractivity contribution in [3.63, 3.8) is 0 Å². The Labute approximate surface area is 54.8 Å². The number of aliphatic hydroxyl groups is 1. The summed E-state index contributed by atoms with van der Waals surface area (Å²) in [6.45, 7) is 0. The van der Waals surface area contributed by atoms with E-state index < -0.39 is 0 Å². The molecule has 0 saturated carbocycles. The van der Waals surface area contributed by atoms with Gasteiger partial charge in [0.1, 0.15) is 14.1 Å². The van der Waals surface area contributed by atoms with Crippen molar-refractivity contribution in [3.05, 3.63) is 24.1 Å². The fourth-order valence-corrected chi connectivity index (χ4v) is 0.229. The van der Waals surface area contributed by atoms with Gasteiger partial charge in [-0.1, -0.05) is 6.08 Å². The SMILES string of the molecule is [B]C(=N)/C=C\C(N)=C/O. The summed E-state index contributed by atoms with van der Waals surface area (Å²) in [6.07, 6.45) is 3.35. The van der Waals surface area contributed by atoms with Gasteiger partial charge in [0.05, 0.1) is 5.70 Å². The molecule has 3 nitrogen and oxygen atoms in total. The lowest BCUT2D eigenvalue weighted by molar-refractivity contribution is 0.468. The summed E-state index contributed by atoms with van der Waals surface area (Å²) in [5.41, 5.74) is 5.17. The zero-order chi connectivity index (χ0) is 7.28. The molecule has 4 heteroatoms. The molecule has 0 bridgehead atoms. The molecule has 0 saturated heterocycles. The number of hydrogen-bond acceptors (Lipinski definition) is 3. The van der Waals surface area contributed by atoms with Gasteiger partial charge in [0.2, 0.25) is 0 Å². The Balaban J connectivity index is 3.86. The van der Waals surface area contributed by atoms with Gasteiger partial charge < -0.3 is 16.2 Å². The van der Waals surface area contributed by atoms with Crippen molar-refractivity contribution in [1.82, 2.24) is 0 Å². The van der Waals surface area contributed by atoms with Crippen molar-refractivity contribution in [3.8, 4) is 0 Å². The van der Waals surface area contributed by atoms with E-state index in [4.69, 9.17) is 24.1 Å². The van der Waals surface area contributed by atoms with Crippen molar-refractivity contribution in [2.24, 2.45) is 5.73 Å². The van der Waals surface area contributed by atoms with Crippen LogP contribution in [-0.4, -0.2) is 18.6 Å². The van der Waals surface area contributed by atoms with Crippen LogP contribution in [0, 0.1) is 5.41 Å². The van der Waals surface area contributed by atoms with E-state index >= 15 is 0 Å². The van der Waals surface area contributed by atoms with E-state index in [1.807, 2.05) is 0 Å². The minimum atomic E-state index is -0.0974. The third kappa shape index (κ3) is 4.67. The van der Waals surface area contributed by atoms with Crippen molar-refractivity contribution in [1.29, 1.82) is 5.41 Å². The number of nitrogens with one attached hydrogen (secondary N) is 1. The Bertz CT molecular complexity index is 162. The highest BCUT2D eigenvalue weighted by Gasteiger charge is 1.78. The van der Waals surface area contributed by atoms with Gasteiger partial charge >= 0.3 is 0 Å². The lowest BCUT2D eigenvalue weighted by Gasteiger charge is -1.86. The van der Waals surface area contributed by atoms with Crippen molar-refractivity contribution >= 4 is 13.5 Å². The monoisotopic (exact) mass is 122 g/mol. The molecule has 0 amide bonds. The summed E-state index contributed by atoms with van der Waals surface area (Å²) in [6, 6.07) is 0. The van der Waals surface area contributed by atoms with Gasteiger partial charge in [0.25, 0.3) is 0 Å². The Morgan fingerprint density at radius 3 is 2.44 bits per heavy atom. The molecule has 0 heterocycles. The molecule has 4 N–H and O–H groups in total. The fourth-order valence-electron chi connectivity index (χ4n) is 0.229. The van der Waals surface area contributed by atoms with Crippen LogP contribution in [0.5, 0.6) is 0 Å². The number of rotatable bonds is 2. The van der Waals surface area contributed by atoms with E-state index in [1.54, 1.807) is 0 Å². The maximum Gasteiger partial charge on any atom is 0.140 e. The summed E-state index contributed by atoms with van der Waals surface area (Å²) in [4.78, 5) is 0. The summed E-state index contributed by atoms with van der Waals surface area (Å²) in [7, 11) is 4.93. The molecule has 2 radical (unpaired) electrons. The Hall–Kier alpha value is -1.19. The smallest absolute Gasteiger partial charge is 0.140 e. The van der Waals surface area contributed by atoms with E-state index in [1.165, 1.54) is 12.2 Å². The van der Waals surface area contributed by atoms with Crippen molar-refractivity contribution in [2.45, 2.75) is 0 Å². The van der Waals surface area contributed by atoms with Crippen molar-refractivity contribution in [2.75, 3.05) is 0 Å². The number of hydrogen-bond donors (Lipinski definition) is 3. The second-order valence-corrected chi connectivity index (χ2v) is 1.42. The van der Waals surface area contributed by atoms with Crippen LogP contribution in [0.1, 0.15) is 0 Å². The summed E-state index contributed by atoms with van der Waals surface area (Å²) < 4.78 is 0. The van der Waals surface area contributed by atoms with Crippen LogP contribution in [0.4, 0.5) is 0 Å². The molecule has 0 aliphatic carbocycles. The second-order valence-electron chi connectivity index (χ2n) is 1.42. The fraction of sp³-hybridized carbons (Fsp3) is 0. The normalized spacial score (nSPS) is 12.2. The molecule has 0 fully saturated rings. The molecule has 0 aromatic heterocycles. The number of aliphatic hydroxyl groups excluding tert-OH is 1. The van der Waals surface area contributed by atoms with Gasteiger partial charge in [-0.3, -0.25) is 0 Å². The van der Waals surface area contributed by atoms with E-state index in [9.17, 15) is 0 Å². The van der Waals surface area contributed by atoms with Crippen molar-refractivity contribution < 1.29 is 5.11 Å². The van der Waals surface area contributed by atoms with E-state index in [0.29, 0.717) is 0 Å². The standard InChI is InChI=1S/C5H7BN2O/c6-5(8)2-1-4(7)3-9/h1-3,8-9H,7H2/b2-1-,4-3+,8-5?. The number of nitrogens with two attached hydrogens (primary N) is 1. The molecule has 0 unspecified atom stereocenters. The molecule has 0 aromatic rings. The summed E-state index contributed by atoms with van der Waals surface area (Å²) in [5, 5.41) is 14.9. The number of allylic oxidation sites excluding steroid dienone is 2. The largest absolute Gasteiger partial charge is 0.513 e. The van der Waals surface area contributed by atoms with Crippen LogP contribution in [0.25, 0.3) is 0 Å². The van der Waals surface area contributed by atoms with E-state index in [2.05, 4.69) is 0 Å². The first kappa shape index (κ1) is 7.81. The summed E-state index contributed by atoms with van der Waals surface area (Å²) in [5.74, 6) is 0. The van der Waals surface area contributed by atoms with Crippen LogP contribution in [0.2, 0.25) is 0 Å². The molecule has 46 valence electrons. The minimum Gasteiger partial charge on any atom is -0.513 e. The average Bonchev–Trinajstić information content (AvgIpc) is 1.83. The topological polar surface area (TPSA) is 70.1 Å². The molecule has 0 atom stereocenters. The van der Waals surface area contributed by atoms with Gasteiger partial charge in [0, 0.05) is 0 Å². The predicted octanol–water partition coefficient (Wildman–Crippen LogP) is 0.0465. The first-order valence-electron chi connectivity index (χ1n) is 2.28. The first-order chi connectivity index (χ1) is 4.16. The van der Waals surface area contributed by atoms with Gasteiger partial charge in [-0.15, -0.1) is 0 Å². The molecule has 0 aliphatic rings. The molecule has 9 heavy (non-hydrogen) atoms. The zero-order valence-corrected chi connectivity index (χ0v) is 4.83. The molecule has 0 spiro atoms. The molecule has 0 aromatic carbocycles. The molecule has 0 aliphatic heterocycles. The third-order valence-electron chi connectivity index (χ3n) is 0.604. The third-order valence-corrected chi connectivity index (χ3v) is 0.604. The van der Waals surface area contributed by atoms with Gasteiger partial charge in [-0.25, -0.2) is 0 Å². The summed E-state index contributed by atoms with van der Waals surface area (Å²) >= 11 is 0. The van der Waals surface area contributed by atoms with Crippen LogP contribution in [0.15, 0.2) is 24.1 Å². The average molecular weight is 122 g/mol. The zero-order valence-electron chi connectivity index (χ0n) is 4.83. The van der Waals surface area contributed by atoms with Crippen LogP contribution in [-0.2, 0) is 0 Å². The highest BCUT2D eigenvalue weighted by molar-refractivity contribution is 6.62. The van der Waals surface area contributed by atoms with Gasteiger partial charge in [-0.2, -0.15) is 0 Å². The maximum atomic E-state index is 8.20. The quantitative estimate of drug-likeness (QED) is 0.209. The van der Waals surface area contributed by atoms with Crippen LogP contribution < -0.4 is 5.73 Å². The van der Waals surface area contributed by atoms with Gasteiger partial charge in [0.15, 0.2) is 0 Å². The highest BCUT2D eigenvalue weighted by Crippen LogP contribution is 1.82. The van der Waals surface area contributed by atoms with Crippen LogP contribution in [0.3, 0.4) is 0 Å². The maximum absolute atomic E-state index is 8.20. The van der Waals surface area contributed by atoms with Crippen LogP contribution >= 0.6 is 0 Å². The molecular formula is C5H7BN2O. The Kier molecular flexibility index (Phi) is 3.28. The first-order valence-corrected chi connectivity index (χ1v) is 2.28. The Morgan fingerprint density at radius 2 is 2.11 bits per heavy atom. The predicted molar refractivity (Wildman–Crippen MR) is 37.5 cm³/mol. The van der Waals surface area contributed by atoms with E-state index in [0.717, 1.165) is 6.26 Å².